The highest BCUT2D eigenvalue weighted by atomic mass is 32.1. The van der Waals surface area contributed by atoms with Crippen molar-refractivity contribution in [1.82, 2.24) is 20.9 Å². The molecule has 1 amide bonds. The van der Waals surface area contributed by atoms with Crippen LogP contribution in [-0.2, 0) is 6.42 Å². The number of amides is 1. The lowest BCUT2D eigenvalue weighted by molar-refractivity contribution is 0.0925. The van der Waals surface area contributed by atoms with Crippen LogP contribution in [0.1, 0.15) is 38.1 Å². The van der Waals surface area contributed by atoms with Crippen LogP contribution in [0.4, 0.5) is 0 Å². The molecule has 0 aliphatic heterocycles. The number of aliphatic imine (C=N–C) groups is 1. The van der Waals surface area contributed by atoms with Crippen LogP contribution < -0.4 is 16.0 Å². The molecule has 2 heterocycles. The summed E-state index contributed by atoms with van der Waals surface area (Å²) in [6.07, 6.45) is 3.19. The summed E-state index contributed by atoms with van der Waals surface area (Å²) < 4.78 is 5.17. The molecule has 0 radical (unpaired) electrons. The monoisotopic (exact) mass is 377 g/mol. The largest absolute Gasteiger partial charge is 0.459 e. The highest BCUT2D eigenvalue weighted by Crippen LogP contribution is 2.16. The van der Waals surface area contributed by atoms with E-state index in [1.165, 1.54) is 11.1 Å². The van der Waals surface area contributed by atoms with Gasteiger partial charge in [-0.3, -0.25) is 9.79 Å². The quantitative estimate of drug-likeness (QED) is 0.373. The van der Waals surface area contributed by atoms with E-state index < -0.39 is 0 Å². The number of nitrogens with zero attached hydrogens (tertiary/aromatic N) is 2. The molecule has 2 aromatic heterocycles. The average Bonchev–Trinajstić information content (AvgIpc) is 3.18. The van der Waals surface area contributed by atoms with Crippen LogP contribution in [0.3, 0.4) is 0 Å². The SMILES string of the molecule is CN=C(NCCCNC(=O)c1occc1C)NCCc1nc(C)c(C)s1. The molecule has 7 nitrogen and oxygen atoms in total. The average molecular weight is 378 g/mol. The minimum absolute atomic E-state index is 0.177. The van der Waals surface area contributed by atoms with E-state index in [1.807, 2.05) is 13.8 Å². The molecule has 0 saturated heterocycles. The highest BCUT2D eigenvalue weighted by Gasteiger charge is 2.11. The standard InChI is InChI=1S/C18H27N5O2S/c1-12-7-11-25-16(12)17(24)20-8-5-9-21-18(19-4)22-10-6-15-23-13(2)14(3)26-15/h7,11H,5-6,8-10H2,1-4H3,(H,20,24)(H2,19,21,22). The number of guanidine groups is 1. The molecule has 0 fully saturated rings. The minimum Gasteiger partial charge on any atom is -0.459 e. The first kappa shape index (κ1) is 20.0. The summed E-state index contributed by atoms with van der Waals surface area (Å²) in [6, 6.07) is 1.78. The van der Waals surface area contributed by atoms with E-state index in [4.69, 9.17) is 4.42 Å². The van der Waals surface area contributed by atoms with Crippen LogP contribution >= 0.6 is 11.3 Å². The molecule has 0 unspecified atom stereocenters. The van der Waals surface area contributed by atoms with Gasteiger partial charge in [-0.2, -0.15) is 0 Å². The lowest BCUT2D eigenvalue weighted by Crippen LogP contribution is -2.39. The van der Waals surface area contributed by atoms with Crippen LogP contribution in [0, 0.1) is 20.8 Å². The van der Waals surface area contributed by atoms with Gasteiger partial charge in [0.05, 0.1) is 17.0 Å². The maximum Gasteiger partial charge on any atom is 0.287 e. The van der Waals surface area contributed by atoms with E-state index in [9.17, 15) is 4.79 Å². The number of aryl methyl sites for hydroxylation is 3. The van der Waals surface area contributed by atoms with Gasteiger partial charge in [0.25, 0.3) is 5.91 Å². The maximum absolute atomic E-state index is 11.9. The lowest BCUT2D eigenvalue weighted by atomic mass is 10.2. The number of rotatable bonds is 8. The Kier molecular flexibility index (Phi) is 7.65. The van der Waals surface area contributed by atoms with E-state index in [2.05, 4.69) is 32.9 Å². The Hall–Kier alpha value is -2.35. The second kappa shape index (κ2) is 9.96. The Morgan fingerprint density at radius 1 is 1.19 bits per heavy atom. The molecule has 26 heavy (non-hydrogen) atoms. The van der Waals surface area contributed by atoms with Gasteiger partial charge in [0.2, 0.25) is 0 Å². The van der Waals surface area contributed by atoms with Crippen molar-refractivity contribution >= 4 is 23.2 Å². The molecular formula is C18H27N5O2S. The molecule has 0 bridgehead atoms. The van der Waals surface area contributed by atoms with Gasteiger partial charge in [-0.1, -0.05) is 0 Å². The predicted molar refractivity (Wildman–Crippen MR) is 105 cm³/mol. The molecule has 3 N–H and O–H groups in total. The molecular weight excluding hydrogens is 350 g/mol. The van der Waals surface area contributed by atoms with Crippen LogP contribution in [0.25, 0.3) is 0 Å². The fraction of sp³-hybridized carbons (Fsp3) is 0.500. The fourth-order valence-corrected chi connectivity index (χ4v) is 3.27. The highest BCUT2D eigenvalue weighted by molar-refractivity contribution is 7.11. The van der Waals surface area contributed by atoms with Gasteiger partial charge in [0.1, 0.15) is 0 Å². The summed E-state index contributed by atoms with van der Waals surface area (Å²) in [4.78, 5) is 21.9. The topological polar surface area (TPSA) is 91.5 Å². The number of furan rings is 1. The molecule has 0 atom stereocenters. The van der Waals surface area contributed by atoms with E-state index >= 15 is 0 Å². The molecule has 2 aromatic rings. The van der Waals surface area contributed by atoms with Crippen molar-refractivity contribution in [2.24, 2.45) is 4.99 Å². The molecule has 0 aliphatic rings. The second-order valence-corrected chi connectivity index (χ2v) is 7.25. The maximum atomic E-state index is 11.9. The van der Waals surface area contributed by atoms with Crippen molar-refractivity contribution in [3.63, 3.8) is 0 Å². The Morgan fingerprint density at radius 2 is 1.92 bits per heavy atom. The van der Waals surface area contributed by atoms with Crippen LogP contribution in [-0.4, -0.2) is 43.5 Å². The van der Waals surface area contributed by atoms with E-state index in [0.29, 0.717) is 18.8 Å². The van der Waals surface area contributed by atoms with Gasteiger partial charge in [-0.15, -0.1) is 11.3 Å². The van der Waals surface area contributed by atoms with Crippen molar-refractivity contribution in [3.05, 3.63) is 39.2 Å². The van der Waals surface area contributed by atoms with Gasteiger partial charge in [-0.05, 0) is 33.3 Å². The van der Waals surface area contributed by atoms with Gasteiger partial charge < -0.3 is 20.4 Å². The van der Waals surface area contributed by atoms with Gasteiger partial charge in [0, 0.05) is 43.5 Å². The van der Waals surface area contributed by atoms with Crippen molar-refractivity contribution in [2.45, 2.75) is 33.6 Å². The summed E-state index contributed by atoms with van der Waals surface area (Å²) >= 11 is 1.74. The zero-order valence-electron chi connectivity index (χ0n) is 15.8. The van der Waals surface area contributed by atoms with Crippen molar-refractivity contribution < 1.29 is 9.21 Å². The zero-order chi connectivity index (χ0) is 18.9. The fourth-order valence-electron chi connectivity index (χ4n) is 2.34. The number of carbonyl (C=O) groups is 1. The normalized spacial score (nSPS) is 11.5. The number of hydrogen-bond donors (Lipinski definition) is 3. The third kappa shape index (κ3) is 5.87. The summed E-state index contributed by atoms with van der Waals surface area (Å²) in [5.74, 6) is 0.954. The molecule has 2 rings (SSSR count). The molecule has 8 heteroatoms. The van der Waals surface area contributed by atoms with E-state index in [-0.39, 0.29) is 5.91 Å². The molecule has 0 spiro atoms. The first-order valence-electron chi connectivity index (χ1n) is 8.71. The number of aromatic nitrogens is 1. The molecule has 0 saturated carbocycles. The summed E-state index contributed by atoms with van der Waals surface area (Å²) in [7, 11) is 1.74. The Balaban J connectivity index is 1.60. The smallest absolute Gasteiger partial charge is 0.287 e. The summed E-state index contributed by atoms with van der Waals surface area (Å²) in [5.41, 5.74) is 1.95. The third-order valence-corrected chi connectivity index (χ3v) is 5.06. The lowest BCUT2D eigenvalue weighted by Gasteiger charge is -2.11. The first-order chi connectivity index (χ1) is 12.5. The summed E-state index contributed by atoms with van der Waals surface area (Å²) in [5, 5.41) is 10.5. The second-order valence-electron chi connectivity index (χ2n) is 5.97. The van der Waals surface area contributed by atoms with Crippen molar-refractivity contribution in [2.75, 3.05) is 26.7 Å². The number of hydrogen-bond acceptors (Lipinski definition) is 5. The van der Waals surface area contributed by atoms with Gasteiger partial charge in [0.15, 0.2) is 11.7 Å². The molecule has 142 valence electrons. The number of thiazole rings is 1. The summed E-state index contributed by atoms with van der Waals surface area (Å²) in [6.45, 7) is 8.04. The van der Waals surface area contributed by atoms with E-state index in [1.54, 1.807) is 24.5 Å². The van der Waals surface area contributed by atoms with Crippen LogP contribution in [0.2, 0.25) is 0 Å². The van der Waals surface area contributed by atoms with Crippen molar-refractivity contribution in [3.8, 4) is 0 Å². The van der Waals surface area contributed by atoms with Gasteiger partial charge >= 0.3 is 0 Å². The number of nitrogens with one attached hydrogen (secondary N) is 3. The zero-order valence-corrected chi connectivity index (χ0v) is 16.6. The predicted octanol–water partition coefficient (Wildman–Crippen LogP) is 2.19. The van der Waals surface area contributed by atoms with Crippen LogP contribution in [0.15, 0.2) is 21.7 Å². The number of carbonyl (C=O) groups excluding carboxylic acids is 1. The minimum atomic E-state index is -0.177. The molecule has 0 aromatic carbocycles. The van der Waals surface area contributed by atoms with E-state index in [0.717, 1.165) is 41.6 Å². The first-order valence-corrected chi connectivity index (χ1v) is 9.52. The molecule has 0 aliphatic carbocycles. The third-order valence-electron chi connectivity index (χ3n) is 3.93. The Labute approximate surface area is 158 Å². The Morgan fingerprint density at radius 3 is 2.54 bits per heavy atom. The van der Waals surface area contributed by atoms with Gasteiger partial charge in [-0.25, -0.2) is 4.98 Å². The van der Waals surface area contributed by atoms with Crippen LogP contribution in [0.5, 0.6) is 0 Å². The van der Waals surface area contributed by atoms with Crippen molar-refractivity contribution in [1.29, 1.82) is 0 Å². The Bertz CT molecular complexity index is 731.